The number of nitrogens with one attached hydrogen (secondary N) is 1. The van der Waals surface area contributed by atoms with E-state index in [9.17, 15) is 0 Å². The lowest BCUT2D eigenvalue weighted by Gasteiger charge is -2.05. The monoisotopic (exact) mass is 160 g/mol. The second-order valence-electron chi connectivity index (χ2n) is 3.02. The highest BCUT2D eigenvalue weighted by Gasteiger charge is 1.98. The lowest BCUT2D eigenvalue weighted by molar-refractivity contribution is 0.867. The molecule has 0 aromatic heterocycles. The summed E-state index contributed by atoms with van der Waals surface area (Å²) in [5.41, 5.74) is 2.11. The predicted molar refractivity (Wildman–Crippen MR) is 49.8 cm³/mol. The highest BCUT2D eigenvalue weighted by molar-refractivity contribution is 5.49. The van der Waals surface area contributed by atoms with Gasteiger partial charge in [0.15, 0.2) is 6.19 Å². The maximum absolute atomic E-state index is 8.39. The van der Waals surface area contributed by atoms with Crippen molar-refractivity contribution >= 4 is 5.69 Å². The van der Waals surface area contributed by atoms with Gasteiger partial charge in [-0.2, -0.15) is 5.26 Å². The minimum atomic E-state index is 0.505. The van der Waals surface area contributed by atoms with Crippen molar-refractivity contribution in [3.05, 3.63) is 29.8 Å². The van der Waals surface area contributed by atoms with E-state index in [2.05, 4.69) is 25.2 Å². The van der Waals surface area contributed by atoms with Crippen LogP contribution >= 0.6 is 0 Å². The standard InChI is InChI=1S/C10H12N2/c1-8(2)9-4-3-5-10(6-9)12-7-11/h3-6,8,12H,1-2H3. The molecule has 0 aliphatic heterocycles. The van der Waals surface area contributed by atoms with E-state index in [4.69, 9.17) is 5.26 Å². The SMILES string of the molecule is CC(C)c1cccc(NC#N)c1. The Morgan fingerprint density at radius 1 is 1.42 bits per heavy atom. The van der Waals surface area contributed by atoms with Gasteiger partial charge in [0.25, 0.3) is 0 Å². The maximum Gasteiger partial charge on any atom is 0.181 e. The molecule has 1 N–H and O–H groups in total. The van der Waals surface area contributed by atoms with Gasteiger partial charge in [0, 0.05) is 5.69 Å². The van der Waals surface area contributed by atoms with E-state index in [0.717, 1.165) is 5.69 Å². The first-order valence-corrected chi connectivity index (χ1v) is 3.99. The first-order chi connectivity index (χ1) is 5.74. The second-order valence-corrected chi connectivity index (χ2v) is 3.02. The van der Waals surface area contributed by atoms with Crippen molar-refractivity contribution in [3.63, 3.8) is 0 Å². The van der Waals surface area contributed by atoms with E-state index in [-0.39, 0.29) is 0 Å². The fourth-order valence-electron chi connectivity index (χ4n) is 1.04. The molecular formula is C10H12N2. The van der Waals surface area contributed by atoms with Gasteiger partial charge in [0.2, 0.25) is 0 Å². The van der Waals surface area contributed by atoms with Crippen LogP contribution < -0.4 is 5.32 Å². The molecule has 1 rings (SSSR count). The third kappa shape index (κ3) is 2.00. The van der Waals surface area contributed by atoms with Crippen LogP contribution in [-0.4, -0.2) is 0 Å². The van der Waals surface area contributed by atoms with E-state index in [0.29, 0.717) is 5.92 Å². The lowest BCUT2D eigenvalue weighted by atomic mass is 10.0. The van der Waals surface area contributed by atoms with Gasteiger partial charge in [0.05, 0.1) is 0 Å². The zero-order valence-corrected chi connectivity index (χ0v) is 7.33. The van der Waals surface area contributed by atoms with Gasteiger partial charge >= 0.3 is 0 Å². The number of nitriles is 1. The molecule has 0 fully saturated rings. The Kier molecular flexibility index (Phi) is 2.71. The molecule has 1 aromatic carbocycles. The van der Waals surface area contributed by atoms with E-state index < -0.39 is 0 Å². The summed E-state index contributed by atoms with van der Waals surface area (Å²) < 4.78 is 0. The van der Waals surface area contributed by atoms with Crippen molar-refractivity contribution in [3.8, 4) is 6.19 Å². The zero-order valence-electron chi connectivity index (χ0n) is 7.33. The van der Waals surface area contributed by atoms with Gasteiger partial charge in [0.1, 0.15) is 0 Å². The molecule has 0 unspecified atom stereocenters. The number of rotatable bonds is 2. The van der Waals surface area contributed by atoms with Gasteiger partial charge in [-0.1, -0.05) is 26.0 Å². The third-order valence-electron chi connectivity index (χ3n) is 1.75. The molecule has 0 spiro atoms. The summed E-state index contributed by atoms with van der Waals surface area (Å²) in [6.07, 6.45) is 1.90. The quantitative estimate of drug-likeness (QED) is 0.533. The molecule has 0 atom stereocenters. The fourth-order valence-corrected chi connectivity index (χ4v) is 1.04. The normalized spacial score (nSPS) is 9.50. The summed E-state index contributed by atoms with van der Waals surface area (Å²) in [5, 5.41) is 11.0. The van der Waals surface area contributed by atoms with Crippen LogP contribution in [0.25, 0.3) is 0 Å². The van der Waals surface area contributed by atoms with E-state index in [1.807, 2.05) is 24.4 Å². The smallest absolute Gasteiger partial charge is 0.181 e. The summed E-state index contributed by atoms with van der Waals surface area (Å²) in [6.45, 7) is 4.26. The van der Waals surface area contributed by atoms with Crippen LogP contribution in [0.2, 0.25) is 0 Å². The van der Waals surface area contributed by atoms with E-state index >= 15 is 0 Å². The predicted octanol–water partition coefficient (Wildman–Crippen LogP) is 2.70. The van der Waals surface area contributed by atoms with Crippen molar-refractivity contribution in [2.24, 2.45) is 0 Å². The number of anilines is 1. The third-order valence-corrected chi connectivity index (χ3v) is 1.75. The molecule has 1 aromatic rings. The Labute approximate surface area is 72.8 Å². The molecule has 2 nitrogen and oxygen atoms in total. The van der Waals surface area contributed by atoms with Crippen LogP contribution in [0.3, 0.4) is 0 Å². The molecule has 0 saturated heterocycles. The number of hydrogen-bond donors (Lipinski definition) is 1. The van der Waals surface area contributed by atoms with Crippen LogP contribution in [0, 0.1) is 11.5 Å². The molecular weight excluding hydrogens is 148 g/mol. The van der Waals surface area contributed by atoms with Crippen LogP contribution in [0.15, 0.2) is 24.3 Å². The van der Waals surface area contributed by atoms with Gasteiger partial charge in [-0.15, -0.1) is 0 Å². The Morgan fingerprint density at radius 3 is 2.75 bits per heavy atom. The van der Waals surface area contributed by atoms with Gasteiger partial charge < -0.3 is 0 Å². The summed E-state index contributed by atoms with van der Waals surface area (Å²) in [5.74, 6) is 0.505. The number of nitrogens with zero attached hydrogens (tertiary/aromatic N) is 1. The molecule has 0 bridgehead atoms. The largest absolute Gasteiger partial charge is 0.293 e. The van der Waals surface area contributed by atoms with Crippen LogP contribution in [0.1, 0.15) is 25.3 Å². The highest BCUT2D eigenvalue weighted by atomic mass is 14.9. The topological polar surface area (TPSA) is 35.8 Å². The second kappa shape index (κ2) is 3.77. The Balaban J connectivity index is 2.90. The Bertz CT molecular complexity index is 297. The molecule has 0 aliphatic carbocycles. The van der Waals surface area contributed by atoms with Crippen molar-refractivity contribution in [1.82, 2.24) is 0 Å². The van der Waals surface area contributed by atoms with Crippen molar-refractivity contribution < 1.29 is 0 Å². The first-order valence-electron chi connectivity index (χ1n) is 3.99. The van der Waals surface area contributed by atoms with Crippen molar-refractivity contribution in [2.75, 3.05) is 5.32 Å². The van der Waals surface area contributed by atoms with Gasteiger partial charge in [-0.25, -0.2) is 0 Å². The molecule has 0 aliphatic rings. The van der Waals surface area contributed by atoms with Gasteiger partial charge in [-0.05, 0) is 23.6 Å². The summed E-state index contributed by atoms with van der Waals surface area (Å²) in [6, 6.07) is 7.89. The summed E-state index contributed by atoms with van der Waals surface area (Å²) in [7, 11) is 0. The Morgan fingerprint density at radius 2 is 2.17 bits per heavy atom. The van der Waals surface area contributed by atoms with Crippen molar-refractivity contribution in [2.45, 2.75) is 19.8 Å². The van der Waals surface area contributed by atoms with E-state index in [1.54, 1.807) is 0 Å². The van der Waals surface area contributed by atoms with Gasteiger partial charge in [-0.3, -0.25) is 5.32 Å². The average Bonchev–Trinajstić information content (AvgIpc) is 2.05. The first kappa shape index (κ1) is 8.61. The van der Waals surface area contributed by atoms with Crippen LogP contribution in [-0.2, 0) is 0 Å². The molecule has 0 heterocycles. The molecule has 0 radical (unpaired) electrons. The van der Waals surface area contributed by atoms with E-state index in [1.165, 1.54) is 5.56 Å². The van der Waals surface area contributed by atoms with Crippen LogP contribution in [0.5, 0.6) is 0 Å². The molecule has 2 heteroatoms. The average molecular weight is 160 g/mol. The number of benzene rings is 1. The molecule has 62 valence electrons. The minimum Gasteiger partial charge on any atom is -0.293 e. The lowest BCUT2D eigenvalue weighted by Crippen LogP contribution is -1.91. The maximum atomic E-state index is 8.39. The summed E-state index contributed by atoms with van der Waals surface area (Å²) >= 11 is 0. The Hall–Kier alpha value is -1.49. The zero-order chi connectivity index (χ0) is 8.97. The number of hydrogen-bond acceptors (Lipinski definition) is 2. The van der Waals surface area contributed by atoms with Crippen LogP contribution in [0.4, 0.5) is 5.69 Å². The highest BCUT2D eigenvalue weighted by Crippen LogP contribution is 2.17. The minimum absolute atomic E-state index is 0.505. The molecule has 0 saturated carbocycles. The molecule has 12 heavy (non-hydrogen) atoms. The summed E-state index contributed by atoms with van der Waals surface area (Å²) in [4.78, 5) is 0. The molecule has 0 amide bonds. The fraction of sp³-hybridized carbons (Fsp3) is 0.300. The van der Waals surface area contributed by atoms with Crippen molar-refractivity contribution in [1.29, 1.82) is 5.26 Å².